The van der Waals surface area contributed by atoms with Crippen LogP contribution in [0.3, 0.4) is 0 Å². The van der Waals surface area contributed by atoms with Gasteiger partial charge >= 0.3 is 0 Å². The van der Waals surface area contributed by atoms with E-state index in [-0.39, 0.29) is 12.5 Å². The third-order valence-electron chi connectivity index (χ3n) is 4.91. The Balaban J connectivity index is 1.61. The van der Waals surface area contributed by atoms with Crippen LogP contribution >= 0.6 is 22.6 Å². The summed E-state index contributed by atoms with van der Waals surface area (Å²) in [5.74, 6) is -0.189. The summed E-state index contributed by atoms with van der Waals surface area (Å²) in [5, 5.41) is 7.25. The first-order valence-corrected chi connectivity index (χ1v) is 10.5. The van der Waals surface area contributed by atoms with Gasteiger partial charge in [-0.2, -0.15) is 5.10 Å². The van der Waals surface area contributed by atoms with E-state index in [0.717, 1.165) is 28.3 Å². The number of carbonyl (C=O) groups is 1. The minimum atomic E-state index is -0.189. The number of nitrogens with zero attached hydrogens (tertiary/aromatic N) is 2. The van der Waals surface area contributed by atoms with Crippen LogP contribution in [-0.4, -0.2) is 23.2 Å². The second-order valence-corrected chi connectivity index (χ2v) is 8.33. The van der Waals surface area contributed by atoms with E-state index in [1.807, 2.05) is 18.2 Å². The van der Waals surface area contributed by atoms with Crippen LogP contribution in [-0.2, 0) is 4.79 Å². The molecule has 29 heavy (non-hydrogen) atoms. The second-order valence-electron chi connectivity index (χ2n) is 7.08. The average molecular weight is 500 g/mol. The zero-order valence-corrected chi connectivity index (χ0v) is 19.2. The molecule has 1 aromatic heterocycles. The number of aromatic nitrogens is 1. The Kier molecular flexibility index (Phi) is 6.74. The molecule has 6 heteroatoms. The van der Waals surface area contributed by atoms with Crippen molar-refractivity contribution in [2.75, 3.05) is 11.9 Å². The van der Waals surface area contributed by atoms with Gasteiger partial charge < -0.3 is 9.88 Å². The molecule has 3 rings (SSSR count). The van der Waals surface area contributed by atoms with Gasteiger partial charge in [-0.3, -0.25) is 4.79 Å². The number of hydrazone groups is 1. The summed E-state index contributed by atoms with van der Waals surface area (Å²) >= 11 is 2.30. The molecule has 0 unspecified atom stereocenters. The molecule has 0 aliphatic rings. The summed E-state index contributed by atoms with van der Waals surface area (Å²) in [6.45, 7) is 8.40. The maximum atomic E-state index is 12.1. The molecule has 0 radical (unpaired) electrons. The van der Waals surface area contributed by atoms with Crippen LogP contribution in [0.2, 0.25) is 0 Å². The van der Waals surface area contributed by atoms with Crippen molar-refractivity contribution in [3.8, 4) is 5.69 Å². The Hall–Kier alpha value is -2.61. The summed E-state index contributed by atoms with van der Waals surface area (Å²) in [4.78, 5) is 12.1. The molecule has 0 saturated heterocycles. The van der Waals surface area contributed by atoms with E-state index >= 15 is 0 Å². The standard InChI is InChI=1S/C23H25IN4O/c1-15-5-8-21(11-16(15)2)25-14-23(29)27-26-13-19-12-17(3)28(18(19)4)22-9-6-20(24)7-10-22/h5-13,25H,14H2,1-4H3,(H,27,29)/b26-13-. The number of aryl methyl sites for hydroxylation is 3. The summed E-state index contributed by atoms with van der Waals surface area (Å²) < 4.78 is 3.38. The van der Waals surface area contributed by atoms with E-state index in [2.05, 4.69) is 101 Å². The van der Waals surface area contributed by atoms with Gasteiger partial charge in [-0.1, -0.05) is 6.07 Å². The first-order valence-electron chi connectivity index (χ1n) is 9.43. The van der Waals surface area contributed by atoms with Gasteiger partial charge in [0.15, 0.2) is 0 Å². The van der Waals surface area contributed by atoms with Gasteiger partial charge in [-0.05, 0) is 104 Å². The molecule has 0 fully saturated rings. The second kappa shape index (κ2) is 9.26. The highest BCUT2D eigenvalue weighted by Gasteiger charge is 2.09. The lowest BCUT2D eigenvalue weighted by molar-refractivity contribution is -0.119. The smallest absolute Gasteiger partial charge is 0.259 e. The molecule has 0 atom stereocenters. The van der Waals surface area contributed by atoms with E-state index < -0.39 is 0 Å². The van der Waals surface area contributed by atoms with Gasteiger partial charge in [0.25, 0.3) is 5.91 Å². The van der Waals surface area contributed by atoms with E-state index in [9.17, 15) is 4.79 Å². The first kappa shape index (κ1) is 21.1. The topological polar surface area (TPSA) is 58.4 Å². The number of hydrogen-bond acceptors (Lipinski definition) is 3. The maximum absolute atomic E-state index is 12.1. The van der Waals surface area contributed by atoms with Gasteiger partial charge in [-0.25, -0.2) is 5.43 Å². The van der Waals surface area contributed by atoms with E-state index in [1.54, 1.807) is 6.21 Å². The fourth-order valence-corrected chi connectivity index (χ4v) is 3.51. The van der Waals surface area contributed by atoms with Crippen LogP contribution in [0.15, 0.2) is 53.6 Å². The van der Waals surface area contributed by atoms with Gasteiger partial charge in [0, 0.05) is 31.9 Å². The molecule has 5 nitrogen and oxygen atoms in total. The summed E-state index contributed by atoms with van der Waals surface area (Å²) in [6, 6.07) is 16.5. The number of nitrogens with one attached hydrogen (secondary N) is 2. The molecule has 0 bridgehead atoms. The average Bonchev–Trinajstić information content (AvgIpc) is 2.97. The van der Waals surface area contributed by atoms with Crippen molar-refractivity contribution in [1.29, 1.82) is 0 Å². The van der Waals surface area contributed by atoms with Crippen molar-refractivity contribution in [2.45, 2.75) is 27.7 Å². The van der Waals surface area contributed by atoms with Gasteiger partial charge in [0.2, 0.25) is 0 Å². The van der Waals surface area contributed by atoms with Crippen molar-refractivity contribution < 1.29 is 4.79 Å². The monoisotopic (exact) mass is 500 g/mol. The molecule has 150 valence electrons. The molecule has 0 spiro atoms. The van der Waals surface area contributed by atoms with Gasteiger partial charge in [0.1, 0.15) is 0 Å². The highest BCUT2D eigenvalue weighted by atomic mass is 127. The Morgan fingerprint density at radius 2 is 1.76 bits per heavy atom. The van der Waals surface area contributed by atoms with E-state index in [4.69, 9.17) is 0 Å². The normalized spacial score (nSPS) is 11.1. The zero-order valence-electron chi connectivity index (χ0n) is 17.1. The Morgan fingerprint density at radius 3 is 2.45 bits per heavy atom. The van der Waals surface area contributed by atoms with Crippen molar-refractivity contribution in [3.63, 3.8) is 0 Å². The third-order valence-corrected chi connectivity index (χ3v) is 5.63. The highest BCUT2D eigenvalue weighted by Crippen LogP contribution is 2.20. The first-order chi connectivity index (χ1) is 13.8. The Morgan fingerprint density at radius 1 is 1.03 bits per heavy atom. The molecular weight excluding hydrogens is 475 g/mol. The SMILES string of the molecule is Cc1ccc(NCC(=O)N/N=C\c2cc(C)n(-c3ccc(I)cc3)c2C)cc1C. The number of hydrogen-bond donors (Lipinski definition) is 2. The highest BCUT2D eigenvalue weighted by molar-refractivity contribution is 14.1. The molecule has 1 heterocycles. The fraction of sp³-hybridized carbons (Fsp3) is 0.217. The van der Waals surface area contributed by atoms with Crippen LogP contribution in [0.1, 0.15) is 28.1 Å². The number of benzene rings is 2. The lowest BCUT2D eigenvalue weighted by Gasteiger charge is -2.09. The molecule has 2 N–H and O–H groups in total. The molecular formula is C23H25IN4O. The van der Waals surface area contributed by atoms with E-state index in [1.165, 1.54) is 14.7 Å². The minimum absolute atomic E-state index is 0.168. The van der Waals surface area contributed by atoms with Crippen LogP contribution in [0.25, 0.3) is 5.69 Å². The summed E-state index contributed by atoms with van der Waals surface area (Å²) in [7, 11) is 0. The van der Waals surface area contributed by atoms with Crippen molar-refractivity contribution in [3.05, 3.63) is 80.2 Å². The lowest BCUT2D eigenvalue weighted by Crippen LogP contribution is -2.25. The number of amides is 1. The van der Waals surface area contributed by atoms with Crippen LogP contribution in [0, 0.1) is 31.3 Å². The van der Waals surface area contributed by atoms with E-state index in [0.29, 0.717) is 0 Å². The Bertz CT molecular complexity index is 1050. The zero-order chi connectivity index (χ0) is 21.0. The summed E-state index contributed by atoms with van der Waals surface area (Å²) in [6.07, 6.45) is 1.69. The fourth-order valence-electron chi connectivity index (χ4n) is 3.15. The molecule has 0 saturated carbocycles. The lowest BCUT2D eigenvalue weighted by atomic mass is 10.1. The van der Waals surface area contributed by atoms with Gasteiger partial charge in [-0.15, -0.1) is 0 Å². The van der Waals surface area contributed by atoms with Crippen molar-refractivity contribution in [2.24, 2.45) is 5.10 Å². The van der Waals surface area contributed by atoms with Crippen molar-refractivity contribution >= 4 is 40.4 Å². The third kappa shape index (κ3) is 5.26. The Labute approximate surface area is 185 Å². The number of halogens is 1. The molecule has 0 aliphatic heterocycles. The van der Waals surface area contributed by atoms with Crippen LogP contribution < -0.4 is 10.7 Å². The molecule has 2 aromatic carbocycles. The minimum Gasteiger partial charge on any atom is -0.376 e. The molecule has 3 aromatic rings. The maximum Gasteiger partial charge on any atom is 0.259 e. The quantitative estimate of drug-likeness (QED) is 0.288. The summed E-state index contributed by atoms with van der Waals surface area (Å²) in [5.41, 5.74) is 10.2. The van der Waals surface area contributed by atoms with Crippen molar-refractivity contribution in [1.82, 2.24) is 9.99 Å². The van der Waals surface area contributed by atoms with Crippen LogP contribution in [0.4, 0.5) is 5.69 Å². The molecule has 1 amide bonds. The molecule has 0 aliphatic carbocycles. The predicted molar refractivity (Wildman–Crippen MR) is 128 cm³/mol. The van der Waals surface area contributed by atoms with Gasteiger partial charge in [0.05, 0.1) is 12.8 Å². The number of rotatable bonds is 6. The van der Waals surface area contributed by atoms with Crippen LogP contribution in [0.5, 0.6) is 0 Å². The number of anilines is 1. The number of carbonyl (C=O) groups excluding carboxylic acids is 1. The largest absolute Gasteiger partial charge is 0.376 e. The predicted octanol–water partition coefficient (Wildman–Crippen LogP) is 4.88.